The molecule has 2 aliphatic rings. The lowest BCUT2D eigenvalue weighted by molar-refractivity contribution is -0.189. The number of esters is 2. The van der Waals surface area contributed by atoms with Crippen molar-refractivity contribution in [1.29, 1.82) is 0 Å². The van der Waals surface area contributed by atoms with Gasteiger partial charge in [0.1, 0.15) is 12.4 Å². The van der Waals surface area contributed by atoms with Gasteiger partial charge in [0.2, 0.25) is 5.60 Å². The molecule has 0 radical (unpaired) electrons. The summed E-state index contributed by atoms with van der Waals surface area (Å²) in [6.07, 6.45) is 0.0396. The average Bonchev–Trinajstić information content (AvgIpc) is 3.22. The largest absolute Gasteiger partial charge is 0.508 e. The molecule has 5 rings (SSSR count). The molecule has 3 N–H and O–H groups in total. The number of phenolic OH excluding ortho intramolecular Hbond substituents is 1. The summed E-state index contributed by atoms with van der Waals surface area (Å²) in [6, 6.07) is 6.95. The molecule has 2 aromatic heterocycles. The van der Waals surface area contributed by atoms with Crippen molar-refractivity contribution in [3.05, 3.63) is 51.3 Å². The van der Waals surface area contributed by atoms with Crippen LogP contribution >= 0.6 is 0 Å². The molecule has 2 aliphatic heterocycles. The predicted octanol–water partition coefficient (Wildman–Crippen LogP) is 3.40. The maximum Gasteiger partial charge on any atom is 0.355 e. The summed E-state index contributed by atoms with van der Waals surface area (Å²) in [5.41, 5.74) is 7.07. The molecule has 0 spiro atoms. The second kappa shape index (κ2) is 9.02. The third kappa shape index (κ3) is 3.91. The van der Waals surface area contributed by atoms with Crippen molar-refractivity contribution < 1.29 is 24.2 Å². The van der Waals surface area contributed by atoms with Gasteiger partial charge in [-0.1, -0.05) is 40.8 Å². The Balaban J connectivity index is 1.82. The molecule has 0 unspecified atom stereocenters. The van der Waals surface area contributed by atoms with Crippen molar-refractivity contribution in [1.82, 2.24) is 9.55 Å². The van der Waals surface area contributed by atoms with Gasteiger partial charge in [0.15, 0.2) is 0 Å². The van der Waals surface area contributed by atoms with Crippen LogP contribution in [0.1, 0.15) is 57.2 Å². The Morgan fingerprint density at radius 1 is 1.23 bits per heavy atom. The van der Waals surface area contributed by atoms with Gasteiger partial charge in [0, 0.05) is 17.5 Å². The summed E-state index contributed by atoms with van der Waals surface area (Å²) in [6.45, 7) is 13.2. The van der Waals surface area contributed by atoms with Crippen LogP contribution in [0.5, 0.6) is 5.75 Å². The van der Waals surface area contributed by atoms with Crippen LogP contribution in [-0.4, -0.2) is 41.2 Å². The molecule has 0 aliphatic carbocycles. The Morgan fingerprint density at radius 2 is 1.95 bits per heavy atom. The molecule has 0 saturated heterocycles. The van der Waals surface area contributed by atoms with Gasteiger partial charge in [-0.15, -0.1) is 0 Å². The van der Waals surface area contributed by atoms with Crippen molar-refractivity contribution >= 4 is 36.1 Å². The standard InChI is InChI=1S/C29H35N3O6Si/c1-7-29(38-23(34)10-11-30)20-13-22-24-18(14-32(22)26(35)19(20)15-37-27(29)36)25(39(5,6)28(2,3)4)17-12-16(33)8-9-21(17)31-24/h8-9,12-13,33H,7,10-11,14-15,30H2,1-6H3/t29-/m0/s1. The molecule has 39 heavy (non-hydrogen) atoms. The maximum atomic E-state index is 14.0. The van der Waals surface area contributed by atoms with Gasteiger partial charge in [-0.3, -0.25) is 9.59 Å². The fourth-order valence-electron chi connectivity index (χ4n) is 5.68. The zero-order valence-electron chi connectivity index (χ0n) is 23.3. The summed E-state index contributed by atoms with van der Waals surface area (Å²) in [7, 11) is -2.22. The van der Waals surface area contributed by atoms with Crippen LogP contribution in [0.25, 0.3) is 22.3 Å². The van der Waals surface area contributed by atoms with E-state index < -0.39 is 25.6 Å². The first-order chi connectivity index (χ1) is 18.3. The lowest BCUT2D eigenvalue weighted by Crippen LogP contribution is -2.51. The number of hydrogen-bond acceptors (Lipinski definition) is 8. The van der Waals surface area contributed by atoms with Crippen LogP contribution in [0.3, 0.4) is 0 Å². The van der Waals surface area contributed by atoms with E-state index in [1.807, 2.05) is 0 Å². The number of nitrogens with two attached hydrogens (primary N) is 1. The van der Waals surface area contributed by atoms with Crippen molar-refractivity contribution in [3.63, 3.8) is 0 Å². The second-order valence-electron chi connectivity index (χ2n) is 12.0. The summed E-state index contributed by atoms with van der Waals surface area (Å²) in [5.74, 6) is -1.17. The topological polar surface area (TPSA) is 134 Å². The van der Waals surface area contributed by atoms with Gasteiger partial charge >= 0.3 is 11.9 Å². The second-order valence-corrected chi connectivity index (χ2v) is 17.2. The molecule has 206 valence electrons. The number of fused-ring (bicyclic) bond motifs is 5. The van der Waals surface area contributed by atoms with Gasteiger partial charge in [-0.25, -0.2) is 9.78 Å². The third-order valence-electron chi connectivity index (χ3n) is 8.78. The lowest BCUT2D eigenvalue weighted by atomic mass is 9.85. The number of aromatic hydroxyl groups is 1. The Kier molecular flexibility index (Phi) is 6.26. The van der Waals surface area contributed by atoms with Gasteiger partial charge in [0.25, 0.3) is 5.56 Å². The Bertz CT molecular complexity index is 1600. The summed E-state index contributed by atoms with van der Waals surface area (Å²) in [5, 5.41) is 12.4. The molecule has 1 aromatic carbocycles. The first-order valence-corrected chi connectivity index (χ1v) is 16.3. The molecule has 4 heterocycles. The maximum absolute atomic E-state index is 14.0. The van der Waals surface area contributed by atoms with Crippen LogP contribution in [-0.2, 0) is 37.8 Å². The highest BCUT2D eigenvalue weighted by Crippen LogP contribution is 2.43. The van der Waals surface area contributed by atoms with Crippen molar-refractivity contribution in [3.8, 4) is 17.1 Å². The third-order valence-corrected chi connectivity index (χ3v) is 14.3. The number of aromatic nitrogens is 2. The van der Waals surface area contributed by atoms with E-state index in [1.54, 1.807) is 35.8 Å². The molecular weight excluding hydrogens is 514 g/mol. The van der Waals surface area contributed by atoms with Crippen LogP contribution in [0.15, 0.2) is 29.1 Å². The van der Waals surface area contributed by atoms with Crippen LogP contribution in [0, 0.1) is 0 Å². The summed E-state index contributed by atoms with van der Waals surface area (Å²) >= 11 is 0. The highest BCUT2D eigenvalue weighted by Gasteiger charge is 2.51. The van der Waals surface area contributed by atoms with Crippen molar-refractivity contribution in [2.24, 2.45) is 5.73 Å². The number of pyridine rings is 2. The SMILES string of the molecule is CC[C@@]1(OC(=O)CCN)C(=O)OCc2c1cc1n(c2=O)Cc2c-1nc1ccc(O)cc1c2[Si](C)(C)C(C)(C)C. The molecule has 0 amide bonds. The smallest absolute Gasteiger partial charge is 0.355 e. The number of phenols is 1. The monoisotopic (exact) mass is 549 g/mol. The van der Waals surface area contributed by atoms with Gasteiger partial charge < -0.3 is 24.9 Å². The number of nitrogens with zero attached hydrogens (tertiary/aromatic N) is 2. The van der Waals surface area contributed by atoms with Crippen molar-refractivity contribution in [2.45, 2.75) is 77.4 Å². The van der Waals surface area contributed by atoms with E-state index in [4.69, 9.17) is 20.2 Å². The van der Waals surface area contributed by atoms with E-state index in [0.29, 0.717) is 29.1 Å². The minimum atomic E-state index is -2.22. The highest BCUT2D eigenvalue weighted by atomic mass is 28.3. The lowest BCUT2D eigenvalue weighted by Gasteiger charge is -2.39. The summed E-state index contributed by atoms with van der Waals surface area (Å²) in [4.78, 5) is 44.6. The molecule has 10 heteroatoms. The number of rotatable bonds is 5. The molecule has 0 fully saturated rings. The number of hydrogen-bond donors (Lipinski definition) is 2. The number of carbonyl (C=O) groups is 2. The molecule has 3 aromatic rings. The number of carbonyl (C=O) groups excluding carboxylic acids is 2. The number of cyclic esters (lactones) is 1. The first-order valence-electron chi connectivity index (χ1n) is 13.3. The predicted molar refractivity (Wildman–Crippen MR) is 151 cm³/mol. The van der Waals surface area contributed by atoms with Gasteiger partial charge in [-0.05, 0) is 46.5 Å². The zero-order chi connectivity index (χ0) is 28.5. The Morgan fingerprint density at radius 3 is 2.59 bits per heavy atom. The van der Waals surface area contributed by atoms with Gasteiger partial charge in [-0.2, -0.15) is 0 Å². The quantitative estimate of drug-likeness (QED) is 0.286. The molecule has 1 atom stereocenters. The van der Waals surface area contributed by atoms with Crippen LogP contribution in [0.4, 0.5) is 0 Å². The minimum Gasteiger partial charge on any atom is -0.508 e. The number of benzene rings is 1. The number of ether oxygens (including phenoxy) is 2. The molecule has 0 saturated carbocycles. The fourth-order valence-corrected chi connectivity index (χ4v) is 8.25. The average molecular weight is 550 g/mol. The van der Waals surface area contributed by atoms with E-state index in [-0.39, 0.29) is 42.3 Å². The zero-order valence-corrected chi connectivity index (χ0v) is 24.3. The molecule has 9 nitrogen and oxygen atoms in total. The summed E-state index contributed by atoms with van der Waals surface area (Å²) < 4.78 is 12.8. The van der Waals surface area contributed by atoms with E-state index in [9.17, 15) is 19.5 Å². The molecular formula is C29H35N3O6Si. The molecule has 0 bridgehead atoms. The van der Waals surface area contributed by atoms with E-state index >= 15 is 0 Å². The highest BCUT2D eigenvalue weighted by molar-refractivity contribution is 6.94. The van der Waals surface area contributed by atoms with Gasteiger partial charge in [0.05, 0.1) is 43.5 Å². The first kappa shape index (κ1) is 27.1. The Labute approximate surface area is 228 Å². The van der Waals surface area contributed by atoms with Crippen LogP contribution in [0.2, 0.25) is 18.1 Å². The van der Waals surface area contributed by atoms with E-state index in [0.717, 1.165) is 21.7 Å². The van der Waals surface area contributed by atoms with E-state index in [2.05, 4.69) is 33.9 Å². The van der Waals surface area contributed by atoms with Crippen molar-refractivity contribution in [2.75, 3.05) is 6.54 Å². The normalized spacial score (nSPS) is 18.4. The van der Waals surface area contributed by atoms with E-state index in [1.165, 1.54) is 0 Å². The van der Waals surface area contributed by atoms with Crippen LogP contribution < -0.4 is 16.5 Å². The minimum absolute atomic E-state index is 0.0334. The Hall–Kier alpha value is -3.50. The fraction of sp³-hybridized carbons (Fsp3) is 0.448.